The fourth-order valence-corrected chi connectivity index (χ4v) is 1.73. The molecule has 0 amide bonds. The van der Waals surface area contributed by atoms with Gasteiger partial charge in [0, 0.05) is 12.1 Å². The highest BCUT2D eigenvalue weighted by atomic mass is 16.3. The maximum absolute atomic E-state index is 9.06. The molecule has 15 heavy (non-hydrogen) atoms. The predicted molar refractivity (Wildman–Crippen MR) is 61.9 cm³/mol. The van der Waals surface area contributed by atoms with Crippen LogP contribution in [0.25, 0.3) is 0 Å². The van der Waals surface area contributed by atoms with E-state index >= 15 is 0 Å². The van der Waals surface area contributed by atoms with E-state index in [0.29, 0.717) is 0 Å². The smallest absolute Gasteiger partial charge is 0.0682 e. The number of hydrogen-bond donors (Lipinski definition) is 1. The third-order valence-electron chi connectivity index (χ3n) is 2.80. The molecule has 0 aliphatic carbocycles. The van der Waals surface area contributed by atoms with Crippen LogP contribution < -0.4 is 0 Å². The van der Waals surface area contributed by atoms with Gasteiger partial charge < -0.3 is 5.11 Å². The Bertz CT molecular complexity index is 444. The van der Waals surface area contributed by atoms with Crippen molar-refractivity contribution in [2.75, 3.05) is 0 Å². The molecule has 1 heterocycles. The van der Waals surface area contributed by atoms with Crippen molar-refractivity contribution in [3.63, 3.8) is 0 Å². The summed E-state index contributed by atoms with van der Waals surface area (Å²) in [6, 6.07) is 7.94. The quantitative estimate of drug-likeness (QED) is 0.784. The SMILES string of the molecule is CC1=C(C)N=C(c2cccc(CO)c2)C1. The number of allylic oxidation sites excluding steroid dienone is 2. The van der Waals surface area contributed by atoms with Crippen molar-refractivity contribution < 1.29 is 5.11 Å². The van der Waals surface area contributed by atoms with Crippen molar-refractivity contribution in [1.29, 1.82) is 0 Å². The lowest BCUT2D eigenvalue weighted by atomic mass is 10.0. The van der Waals surface area contributed by atoms with Crippen molar-refractivity contribution in [1.82, 2.24) is 0 Å². The monoisotopic (exact) mass is 201 g/mol. The van der Waals surface area contributed by atoms with Crippen molar-refractivity contribution in [3.8, 4) is 0 Å². The van der Waals surface area contributed by atoms with Gasteiger partial charge in [-0.25, -0.2) is 0 Å². The van der Waals surface area contributed by atoms with Crippen LogP contribution in [0.4, 0.5) is 0 Å². The lowest BCUT2D eigenvalue weighted by molar-refractivity contribution is 0.282. The molecule has 1 aliphatic heterocycles. The molecule has 1 aliphatic rings. The van der Waals surface area contributed by atoms with Crippen LogP contribution in [-0.2, 0) is 6.61 Å². The number of nitrogens with zero attached hydrogens (tertiary/aromatic N) is 1. The van der Waals surface area contributed by atoms with Gasteiger partial charge in [0.05, 0.1) is 12.3 Å². The average molecular weight is 201 g/mol. The second-order valence-corrected chi connectivity index (χ2v) is 3.96. The van der Waals surface area contributed by atoms with Gasteiger partial charge in [-0.2, -0.15) is 0 Å². The molecule has 0 aromatic heterocycles. The number of aliphatic hydroxyl groups excluding tert-OH is 1. The van der Waals surface area contributed by atoms with Crippen LogP contribution in [0.3, 0.4) is 0 Å². The number of aliphatic imine (C=N–C) groups is 1. The van der Waals surface area contributed by atoms with E-state index in [4.69, 9.17) is 5.11 Å². The second kappa shape index (κ2) is 3.99. The molecule has 1 N–H and O–H groups in total. The highest BCUT2D eigenvalue weighted by Gasteiger charge is 2.13. The topological polar surface area (TPSA) is 32.6 Å². The Morgan fingerprint density at radius 2 is 2.13 bits per heavy atom. The summed E-state index contributed by atoms with van der Waals surface area (Å²) in [6.07, 6.45) is 0.931. The van der Waals surface area contributed by atoms with Crippen LogP contribution >= 0.6 is 0 Å². The molecule has 2 heteroatoms. The summed E-state index contributed by atoms with van der Waals surface area (Å²) in [7, 11) is 0. The summed E-state index contributed by atoms with van der Waals surface area (Å²) in [5.74, 6) is 0. The van der Waals surface area contributed by atoms with Crippen LogP contribution in [-0.4, -0.2) is 10.8 Å². The first-order valence-corrected chi connectivity index (χ1v) is 5.15. The van der Waals surface area contributed by atoms with Gasteiger partial charge in [-0.05, 0) is 36.6 Å². The minimum atomic E-state index is 0.0898. The van der Waals surface area contributed by atoms with Crippen LogP contribution in [0.5, 0.6) is 0 Å². The third kappa shape index (κ3) is 2.00. The maximum atomic E-state index is 9.06. The molecule has 0 bridgehead atoms. The Labute approximate surface area is 90.0 Å². The number of hydrogen-bond acceptors (Lipinski definition) is 2. The zero-order chi connectivity index (χ0) is 10.8. The summed E-state index contributed by atoms with van der Waals surface area (Å²) in [6.45, 7) is 4.24. The molecular weight excluding hydrogens is 186 g/mol. The van der Waals surface area contributed by atoms with Gasteiger partial charge in [-0.15, -0.1) is 0 Å². The maximum Gasteiger partial charge on any atom is 0.0682 e. The summed E-state index contributed by atoms with van der Waals surface area (Å²) >= 11 is 0. The molecule has 2 nitrogen and oxygen atoms in total. The Balaban J connectivity index is 2.29. The van der Waals surface area contributed by atoms with E-state index in [1.165, 1.54) is 5.57 Å². The predicted octanol–water partition coefficient (Wildman–Crippen LogP) is 2.67. The zero-order valence-corrected chi connectivity index (χ0v) is 9.12. The Morgan fingerprint density at radius 1 is 1.33 bits per heavy atom. The van der Waals surface area contributed by atoms with Crippen LogP contribution in [0.15, 0.2) is 40.5 Å². The van der Waals surface area contributed by atoms with Gasteiger partial charge in [0.1, 0.15) is 0 Å². The lowest BCUT2D eigenvalue weighted by Crippen LogP contribution is -1.98. The fraction of sp³-hybridized carbons (Fsp3) is 0.308. The van der Waals surface area contributed by atoms with Crippen LogP contribution in [0.1, 0.15) is 31.4 Å². The van der Waals surface area contributed by atoms with Crippen molar-refractivity contribution in [2.45, 2.75) is 26.9 Å². The van der Waals surface area contributed by atoms with Gasteiger partial charge in [-0.3, -0.25) is 4.99 Å². The highest BCUT2D eigenvalue weighted by molar-refractivity contribution is 6.04. The first kappa shape index (κ1) is 10.1. The van der Waals surface area contributed by atoms with E-state index in [1.807, 2.05) is 31.2 Å². The van der Waals surface area contributed by atoms with E-state index in [-0.39, 0.29) is 6.61 Å². The van der Waals surface area contributed by atoms with Gasteiger partial charge in [0.15, 0.2) is 0 Å². The van der Waals surface area contributed by atoms with Crippen LogP contribution in [0.2, 0.25) is 0 Å². The standard InChI is InChI=1S/C13H15NO/c1-9-6-13(14-10(9)2)12-5-3-4-11(7-12)8-15/h3-5,7,15H,6,8H2,1-2H3. The minimum Gasteiger partial charge on any atom is -0.392 e. The van der Waals surface area contributed by atoms with Crippen molar-refractivity contribution >= 4 is 5.71 Å². The Hall–Kier alpha value is -1.41. The van der Waals surface area contributed by atoms with E-state index in [0.717, 1.165) is 29.0 Å². The first-order chi connectivity index (χ1) is 7.20. The molecule has 0 saturated carbocycles. The molecule has 0 spiro atoms. The second-order valence-electron chi connectivity index (χ2n) is 3.96. The largest absolute Gasteiger partial charge is 0.392 e. The molecular formula is C13H15NO. The molecule has 0 radical (unpaired) electrons. The summed E-state index contributed by atoms with van der Waals surface area (Å²) in [5.41, 5.74) is 5.63. The van der Waals surface area contributed by atoms with E-state index in [2.05, 4.69) is 11.9 Å². The lowest BCUT2D eigenvalue weighted by Gasteiger charge is -2.03. The number of aliphatic hydroxyl groups is 1. The Kier molecular flexibility index (Phi) is 2.69. The third-order valence-corrected chi connectivity index (χ3v) is 2.80. The number of benzene rings is 1. The average Bonchev–Trinajstić information content (AvgIpc) is 2.59. The van der Waals surface area contributed by atoms with Gasteiger partial charge in [0.25, 0.3) is 0 Å². The molecule has 0 fully saturated rings. The molecule has 0 atom stereocenters. The molecule has 78 valence electrons. The first-order valence-electron chi connectivity index (χ1n) is 5.15. The van der Waals surface area contributed by atoms with Gasteiger partial charge in [0.2, 0.25) is 0 Å². The highest BCUT2D eigenvalue weighted by Crippen LogP contribution is 2.22. The molecule has 0 unspecified atom stereocenters. The summed E-state index contributed by atoms with van der Waals surface area (Å²) < 4.78 is 0. The Morgan fingerprint density at radius 3 is 2.73 bits per heavy atom. The normalized spacial score (nSPS) is 15.8. The van der Waals surface area contributed by atoms with Crippen molar-refractivity contribution in [3.05, 3.63) is 46.7 Å². The summed E-state index contributed by atoms with van der Waals surface area (Å²) in [5, 5.41) is 9.06. The van der Waals surface area contributed by atoms with E-state index < -0.39 is 0 Å². The van der Waals surface area contributed by atoms with E-state index in [9.17, 15) is 0 Å². The molecule has 1 aromatic carbocycles. The van der Waals surface area contributed by atoms with Crippen LogP contribution in [0, 0.1) is 0 Å². The minimum absolute atomic E-state index is 0.0898. The van der Waals surface area contributed by atoms with Gasteiger partial charge >= 0.3 is 0 Å². The molecule has 2 rings (SSSR count). The van der Waals surface area contributed by atoms with Gasteiger partial charge in [-0.1, -0.05) is 18.2 Å². The molecule has 0 saturated heterocycles. The molecule has 1 aromatic rings. The number of rotatable bonds is 2. The summed E-state index contributed by atoms with van der Waals surface area (Å²) in [4.78, 5) is 4.53. The fourth-order valence-electron chi connectivity index (χ4n) is 1.73. The zero-order valence-electron chi connectivity index (χ0n) is 9.12. The van der Waals surface area contributed by atoms with E-state index in [1.54, 1.807) is 0 Å². The van der Waals surface area contributed by atoms with Crippen molar-refractivity contribution in [2.24, 2.45) is 4.99 Å².